The number of quaternary nitrogens is 1. The van der Waals surface area contributed by atoms with E-state index in [1.165, 1.54) is 5.56 Å². The maximum Gasteiger partial charge on any atom is 0.119 e. The highest BCUT2D eigenvalue weighted by atomic mass is 16.5. The lowest BCUT2D eigenvalue weighted by molar-refractivity contribution is -0.910. The van der Waals surface area contributed by atoms with Crippen LogP contribution in [0.15, 0.2) is 24.3 Å². The highest BCUT2D eigenvalue weighted by Crippen LogP contribution is 2.45. The topological polar surface area (TPSA) is 9.23 Å². The first kappa shape index (κ1) is 22.0. The predicted molar refractivity (Wildman–Crippen MR) is 110 cm³/mol. The molecule has 0 aliphatic heterocycles. The molecule has 0 unspecified atom stereocenters. The molecular weight excluding hydrogens is 306 g/mol. The quantitative estimate of drug-likeness (QED) is 0.497. The number of hydrogen-bond donors (Lipinski definition) is 0. The number of hydrogen-bond acceptors (Lipinski definition) is 1. The standard InChI is InChI=1S/C23H42NO/c1-18(2)16-25-21-13-11-20(12-14-21)15-24(9,10)17-22(5,6)23(7,8)19(3)4/h11-14,18-19H,15-17H2,1-10H3/q+1. The Morgan fingerprint density at radius 3 is 1.88 bits per heavy atom. The zero-order valence-corrected chi connectivity index (χ0v) is 18.4. The molecule has 0 N–H and O–H groups in total. The predicted octanol–water partition coefficient (Wildman–Crippen LogP) is 6.01. The number of benzene rings is 1. The number of ether oxygens (including phenoxy) is 1. The second-order valence-corrected chi connectivity index (χ2v) is 10.4. The van der Waals surface area contributed by atoms with E-state index in [2.05, 4.69) is 93.8 Å². The van der Waals surface area contributed by atoms with Crippen LogP contribution in [0.3, 0.4) is 0 Å². The Kier molecular flexibility index (Phi) is 7.15. The minimum Gasteiger partial charge on any atom is -0.493 e. The fraction of sp³-hybridized carbons (Fsp3) is 0.739. The van der Waals surface area contributed by atoms with Crippen LogP contribution in [0.5, 0.6) is 5.75 Å². The molecule has 0 heterocycles. The molecule has 0 radical (unpaired) electrons. The maximum absolute atomic E-state index is 5.80. The zero-order chi connectivity index (χ0) is 19.5. The Bertz CT molecular complexity index is 524. The lowest BCUT2D eigenvalue weighted by Crippen LogP contribution is -2.51. The fourth-order valence-corrected chi connectivity index (χ4v) is 3.56. The lowest BCUT2D eigenvalue weighted by atomic mass is 9.61. The summed E-state index contributed by atoms with van der Waals surface area (Å²) in [5, 5.41) is 0. The highest BCUT2D eigenvalue weighted by molar-refractivity contribution is 5.26. The lowest BCUT2D eigenvalue weighted by Gasteiger charge is -2.48. The molecule has 0 saturated carbocycles. The summed E-state index contributed by atoms with van der Waals surface area (Å²) in [6.07, 6.45) is 0. The van der Waals surface area contributed by atoms with Crippen LogP contribution in [-0.2, 0) is 6.54 Å². The Labute approximate surface area is 157 Å². The molecule has 0 fully saturated rings. The molecule has 0 aromatic heterocycles. The van der Waals surface area contributed by atoms with E-state index in [4.69, 9.17) is 4.74 Å². The van der Waals surface area contributed by atoms with Crippen molar-refractivity contribution in [1.82, 2.24) is 0 Å². The first-order valence-electron chi connectivity index (χ1n) is 9.80. The van der Waals surface area contributed by atoms with Crippen molar-refractivity contribution in [2.75, 3.05) is 27.2 Å². The molecule has 144 valence electrons. The monoisotopic (exact) mass is 348 g/mol. The molecule has 25 heavy (non-hydrogen) atoms. The van der Waals surface area contributed by atoms with Crippen molar-refractivity contribution >= 4 is 0 Å². The van der Waals surface area contributed by atoms with Gasteiger partial charge in [-0.3, -0.25) is 0 Å². The normalized spacial score (nSPS) is 13.6. The molecule has 0 aliphatic rings. The Morgan fingerprint density at radius 1 is 0.920 bits per heavy atom. The van der Waals surface area contributed by atoms with Crippen LogP contribution in [0.25, 0.3) is 0 Å². The average Bonchev–Trinajstić information content (AvgIpc) is 2.44. The van der Waals surface area contributed by atoms with E-state index in [1.807, 2.05) is 0 Å². The van der Waals surface area contributed by atoms with Gasteiger partial charge in [0.05, 0.1) is 27.2 Å². The SMILES string of the molecule is CC(C)COc1ccc(C[N+](C)(C)CC(C)(C)C(C)(C)C(C)C)cc1. The third kappa shape index (κ3) is 6.33. The van der Waals surface area contributed by atoms with Crippen LogP contribution in [0, 0.1) is 22.7 Å². The molecular formula is C23H42NO+. The van der Waals surface area contributed by atoms with Crippen LogP contribution in [0.1, 0.15) is 61.0 Å². The first-order valence-corrected chi connectivity index (χ1v) is 9.80. The molecule has 0 bridgehead atoms. The van der Waals surface area contributed by atoms with Gasteiger partial charge in [0.1, 0.15) is 12.3 Å². The maximum atomic E-state index is 5.80. The van der Waals surface area contributed by atoms with Crippen molar-refractivity contribution in [3.05, 3.63) is 29.8 Å². The molecule has 0 saturated heterocycles. The van der Waals surface area contributed by atoms with Crippen LogP contribution in [0.4, 0.5) is 0 Å². The van der Waals surface area contributed by atoms with Crippen LogP contribution >= 0.6 is 0 Å². The number of rotatable bonds is 9. The molecule has 2 heteroatoms. The van der Waals surface area contributed by atoms with Gasteiger partial charge in [0.15, 0.2) is 0 Å². The Morgan fingerprint density at radius 2 is 1.44 bits per heavy atom. The summed E-state index contributed by atoms with van der Waals surface area (Å²) in [6.45, 7) is 21.7. The molecule has 1 aromatic rings. The summed E-state index contributed by atoms with van der Waals surface area (Å²) in [5.74, 6) is 2.20. The van der Waals surface area contributed by atoms with Crippen LogP contribution in [0.2, 0.25) is 0 Å². The fourth-order valence-electron chi connectivity index (χ4n) is 3.56. The molecule has 0 atom stereocenters. The number of nitrogens with zero attached hydrogens (tertiary/aromatic N) is 1. The molecule has 0 amide bonds. The third-order valence-corrected chi connectivity index (χ3v) is 6.13. The molecule has 0 aliphatic carbocycles. The first-order chi connectivity index (χ1) is 11.3. The Balaban J connectivity index is 2.77. The Hall–Kier alpha value is -1.02. The smallest absolute Gasteiger partial charge is 0.119 e. The van der Waals surface area contributed by atoms with E-state index in [1.54, 1.807) is 0 Å². The van der Waals surface area contributed by atoms with Crippen molar-refractivity contribution in [3.63, 3.8) is 0 Å². The van der Waals surface area contributed by atoms with Gasteiger partial charge >= 0.3 is 0 Å². The van der Waals surface area contributed by atoms with Crippen LogP contribution in [-0.4, -0.2) is 31.7 Å². The largest absolute Gasteiger partial charge is 0.493 e. The van der Waals surface area contributed by atoms with Gasteiger partial charge in [-0.15, -0.1) is 0 Å². The van der Waals surface area contributed by atoms with Gasteiger partial charge in [-0.2, -0.15) is 0 Å². The molecule has 0 spiro atoms. The van der Waals surface area contributed by atoms with Crippen molar-refractivity contribution in [1.29, 1.82) is 0 Å². The summed E-state index contributed by atoms with van der Waals surface area (Å²) in [6, 6.07) is 8.66. The summed E-state index contributed by atoms with van der Waals surface area (Å²) in [4.78, 5) is 0. The summed E-state index contributed by atoms with van der Waals surface area (Å²) in [7, 11) is 4.70. The van der Waals surface area contributed by atoms with Gasteiger partial charge in [-0.05, 0) is 41.5 Å². The third-order valence-electron chi connectivity index (χ3n) is 6.13. The second-order valence-electron chi connectivity index (χ2n) is 10.4. The van der Waals surface area contributed by atoms with E-state index in [9.17, 15) is 0 Å². The second kappa shape index (κ2) is 8.12. The minimum atomic E-state index is 0.269. The van der Waals surface area contributed by atoms with Gasteiger partial charge in [0.2, 0.25) is 0 Å². The van der Waals surface area contributed by atoms with Crippen molar-refractivity contribution in [2.45, 2.75) is 61.9 Å². The van der Waals surface area contributed by atoms with Crippen molar-refractivity contribution < 1.29 is 9.22 Å². The summed E-state index contributed by atoms with van der Waals surface area (Å²) in [5.41, 5.74) is 1.95. The van der Waals surface area contributed by atoms with E-state index >= 15 is 0 Å². The van der Waals surface area contributed by atoms with E-state index in [0.717, 1.165) is 29.9 Å². The molecule has 1 rings (SSSR count). The van der Waals surface area contributed by atoms with Crippen molar-refractivity contribution in [3.8, 4) is 5.75 Å². The van der Waals surface area contributed by atoms with Crippen LogP contribution < -0.4 is 4.74 Å². The van der Waals surface area contributed by atoms with Gasteiger partial charge in [0, 0.05) is 11.0 Å². The van der Waals surface area contributed by atoms with Gasteiger partial charge < -0.3 is 9.22 Å². The van der Waals surface area contributed by atoms with E-state index in [0.29, 0.717) is 17.3 Å². The van der Waals surface area contributed by atoms with E-state index in [-0.39, 0.29) is 5.41 Å². The van der Waals surface area contributed by atoms with E-state index < -0.39 is 0 Å². The van der Waals surface area contributed by atoms with Gasteiger partial charge in [0.25, 0.3) is 0 Å². The molecule has 1 aromatic carbocycles. The van der Waals surface area contributed by atoms with Gasteiger partial charge in [-0.25, -0.2) is 0 Å². The minimum absolute atomic E-state index is 0.269. The average molecular weight is 349 g/mol. The molecule has 2 nitrogen and oxygen atoms in total. The van der Waals surface area contributed by atoms with Crippen molar-refractivity contribution in [2.24, 2.45) is 22.7 Å². The highest BCUT2D eigenvalue weighted by Gasteiger charge is 2.43. The van der Waals surface area contributed by atoms with Gasteiger partial charge in [-0.1, -0.05) is 55.4 Å². The summed E-state index contributed by atoms with van der Waals surface area (Å²) >= 11 is 0. The zero-order valence-electron chi connectivity index (χ0n) is 18.4. The summed E-state index contributed by atoms with van der Waals surface area (Å²) < 4.78 is 6.79.